The minimum atomic E-state index is 0.346. The normalized spacial score (nSPS) is 13.7. The van der Waals surface area contributed by atoms with Crippen molar-refractivity contribution < 1.29 is 9.47 Å². The Hall–Kier alpha value is -1.66. The Morgan fingerprint density at radius 3 is 2.89 bits per heavy atom. The maximum Gasteiger partial charge on any atom is 0.135 e. The molecule has 1 saturated carbocycles. The number of rotatable bonds is 5. The van der Waals surface area contributed by atoms with Crippen LogP contribution in [-0.2, 0) is 0 Å². The van der Waals surface area contributed by atoms with Crippen molar-refractivity contribution in [3.05, 3.63) is 23.8 Å². The number of hydrogen-bond acceptors (Lipinski definition) is 3. The second kappa shape index (κ2) is 6.32. The van der Waals surface area contributed by atoms with E-state index in [1.807, 2.05) is 18.2 Å². The second-order valence-corrected chi connectivity index (χ2v) is 4.45. The average Bonchev–Trinajstić information content (AvgIpc) is 3.21. The van der Waals surface area contributed by atoms with Crippen LogP contribution < -0.4 is 15.2 Å². The molecule has 0 atom stereocenters. The number of nitrogens with two attached hydrogens (primary N) is 1. The van der Waals surface area contributed by atoms with Gasteiger partial charge < -0.3 is 15.2 Å². The van der Waals surface area contributed by atoms with Crippen LogP contribution in [0.1, 0.15) is 24.8 Å². The smallest absolute Gasteiger partial charge is 0.135 e. The summed E-state index contributed by atoms with van der Waals surface area (Å²) in [6.07, 6.45) is 3.84. The molecular formula is C15H19NO2. The van der Waals surface area contributed by atoms with Gasteiger partial charge >= 0.3 is 0 Å². The number of benzene rings is 1. The summed E-state index contributed by atoms with van der Waals surface area (Å²) in [6.45, 7) is 1.10. The Labute approximate surface area is 108 Å². The van der Waals surface area contributed by atoms with Gasteiger partial charge in [0.1, 0.15) is 11.5 Å². The fraction of sp³-hybridized carbons (Fsp3) is 0.467. The molecule has 2 N–H and O–H groups in total. The highest BCUT2D eigenvalue weighted by atomic mass is 16.5. The molecule has 3 nitrogen and oxygen atoms in total. The summed E-state index contributed by atoms with van der Waals surface area (Å²) in [5.41, 5.74) is 6.24. The van der Waals surface area contributed by atoms with Crippen molar-refractivity contribution in [1.29, 1.82) is 0 Å². The van der Waals surface area contributed by atoms with E-state index < -0.39 is 0 Å². The topological polar surface area (TPSA) is 44.5 Å². The third-order valence-electron chi connectivity index (χ3n) is 2.99. The van der Waals surface area contributed by atoms with E-state index in [2.05, 4.69) is 11.8 Å². The largest absolute Gasteiger partial charge is 0.497 e. The summed E-state index contributed by atoms with van der Waals surface area (Å²) in [4.78, 5) is 0. The molecule has 0 unspecified atom stereocenters. The predicted molar refractivity (Wildman–Crippen MR) is 71.8 cm³/mol. The van der Waals surface area contributed by atoms with Crippen LogP contribution in [0.3, 0.4) is 0 Å². The van der Waals surface area contributed by atoms with Gasteiger partial charge in [-0.15, -0.1) is 0 Å². The molecule has 0 spiro atoms. The van der Waals surface area contributed by atoms with Gasteiger partial charge in [0.25, 0.3) is 0 Å². The molecule has 0 aromatic heterocycles. The standard InChI is InChI=1S/C15H19NO2/c1-17-14-6-7-15(13(11-14)3-2-9-16)18-10-8-12-4-5-12/h6-7,11-12H,4-5,8-10,16H2,1H3. The Kier molecular flexibility index (Phi) is 4.49. The molecule has 1 aromatic rings. The van der Waals surface area contributed by atoms with Gasteiger partial charge in [-0.1, -0.05) is 24.7 Å². The molecule has 0 heterocycles. The minimum Gasteiger partial charge on any atom is -0.497 e. The molecule has 3 heteroatoms. The summed E-state index contributed by atoms with van der Waals surface area (Å²) in [6, 6.07) is 5.68. The first-order valence-corrected chi connectivity index (χ1v) is 6.33. The first kappa shape index (κ1) is 12.8. The Bertz CT molecular complexity index is 455. The Morgan fingerprint density at radius 2 is 2.22 bits per heavy atom. The van der Waals surface area contributed by atoms with Crippen LogP contribution in [0.2, 0.25) is 0 Å². The molecule has 0 saturated heterocycles. The van der Waals surface area contributed by atoms with Crippen molar-refractivity contribution in [2.75, 3.05) is 20.3 Å². The zero-order chi connectivity index (χ0) is 12.8. The van der Waals surface area contributed by atoms with E-state index in [1.165, 1.54) is 12.8 Å². The van der Waals surface area contributed by atoms with Crippen LogP contribution in [0.5, 0.6) is 11.5 Å². The molecule has 0 radical (unpaired) electrons. The van der Waals surface area contributed by atoms with Crippen LogP contribution in [0.4, 0.5) is 0 Å². The molecule has 2 rings (SSSR count). The average molecular weight is 245 g/mol. The number of ether oxygens (including phenoxy) is 2. The SMILES string of the molecule is COc1ccc(OCCC2CC2)c(C#CCN)c1. The Balaban J connectivity index is 2.05. The second-order valence-electron chi connectivity index (χ2n) is 4.45. The van der Waals surface area contributed by atoms with E-state index in [4.69, 9.17) is 15.2 Å². The van der Waals surface area contributed by atoms with Crippen LogP contribution >= 0.6 is 0 Å². The van der Waals surface area contributed by atoms with Crippen molar-refractivity contribution in [3.63, 3.8) is 0 Å². The van der Waals surface area contributed by atoms with Gasteiger partial charge in [0.15, 0.2) is 0 Å². The Morgan fingerprint density at radius 1 is 1.39 bits per heavy atom. The molecule has 0 amide bonds. The quantitative estimate of drug-likeness (QED) is 0.809. The van der Waals surface area contributed by atoms with Crippen molar-refractivity contribution in [2.24, 2.45) is 11.7 Å². The first-order chi connectivity index (χ1) is 8.83. The van der Waals surface area contributed by atoms with E-state index in [-0.39, 0.29) is 0 Å². The van der Waals surface area contributed by atoms with Gasteiger partial charge in [0.05, 0.1) is 25.8 Å². The van der Waals surface area contributed by atoms with Crippen LogP contribution in [0.25, 0.3) is 0 Å². The van der Waals surface area contributed by atoms with Gasteiger partial charge in [0.2, 0.25) is 0 Å². The fourth-order valence-electron chi connectivity index (χ4n) is 1.75. The highest BCUT2D eigenvalue weighted by Crippen LogP contribution is 2.32. The molecule has 1 aliphatic rings. The lowest BCUT2D eigenvalue weighted by Gasteiger charge is -2.09. The van der Waals surface area contributed by atoms with Gasteiger partial charge in [-0.2, -0.15) is 0 Å². The van der Waals surface area contributed by atoms with Crippen molar-refractivity contribution in [1.82, 2.24) is 0 Å². The van der Waals surface area contributed by atoms with E-state index in [0.717, 1.165) is 36.0 Å². The molecular weight excluding hydrogens is 226 g/mol. The molecule has 1 aromatic carbocycles. The van der Waals surface area contributed by atoms with Crippen molar-refractivity contribution >= 4 is 0 Å². The third-order valence-corrected chi connectivity index (χ3v) is 2.99. The molecule has 0 bridgehead atoms. The summed E-state index contributed by atoms with van der Waals surface area (Å²) < 4.78 is 11.0. The number of hydrogen-bond donors (Lipinski definition) is 1. The lowest BCUT2D eigenvalue weighted by Crippen LogP contribution is -2.00. The summed E-state index contributed by atoms with van der Waals surface area (Å²) in [7, 11) is 1.64. The summed E-state index contributed by atoms with van der Waals surface area (Å²) >= 11 is 0. The number of methoxy groups -OCH3 is 1. The zero-order valence-corrected chi connectivity index (χ0v) is 10.7. The lowest BCUT2D eigenvalue weighted by atomic mass is 10.2. The van der Waals surface area contributed by atoms with Crippen LogP contribution in [0, 0.1) is 17.8 Å². The zero-order valence-electron chi connectivity index (χ0n) is 10.7. The fourth-order valence-corrected chi connectivity index (χ4v) is 1.75. The molecule has 1 aliphatic carbocycles. The maximum atomic E-state index is 5.79. The predicted octanol–water partition coefficient (Wildman–Crippen LogP) is 2.18. The van der Waals surface area contributed by atoms with E-state index in [1.54, 1.807) is 7.11 Å². The van der Waals surface area contributed by atoms with Crippen molar-refractivity contribution in [3.8, 4) is 23.3 Å². The summed E-state index contributed by atoms with van der Waals surface area (Å²) in [5, 5.41) is 0. The maximum absolute atomic E-state index is 5.79. The van der Waals surface area contributed by atoms with Crippen LogP contribution in [0.15, 0.2) is 18.2 Å². The van der Waals surface area contributed by atoms with Gasteiger partial charge in [0, 0.05) is 0 Å². The van der Waals surface area contributed by atoms with E-state index >= 15 is 0 Å². The third kappa shape index (κ3) is 3.68. The molecule has 18 heavy (non-hydrogen) atoms. The van der Waals surface area contributed by atoms with Gasteiger partial charge in [-0.3, -0.25) is 0 Å². The highest BCUT2D eigenvalue weighted by Gasteiger charge is 2.20. The monoisotopic (exact) mass is 245 g/mol. The van der Waals surface area contributed by atoms with E-state index in [9.17, 15) is 0 Å². The lowest BCUT2D eigenvalue weighted by molar-refractivity contribution is 0.301. The van der Waals surface area contributed by atoms with E-state index in [0.29, 0.717) is 6.54 Å². The van der Waals surface area contributed by atoms with Crippen molar-refractivity contribution in [2.45, 2.75) is 19.3 Å². The molecule has 96 valence electrons. The summed E-state index contributed by atoms with van der Waals surface area (Å²) in [5.74, 6) is 8.35. The molecule has 1 fully saturated rings. The van der Waals surface area contributed by atoms with Crippen LogP contribution in [-0.4, -0.2) is 20.3 Å². The van der Waals surface area contributed by atoms with Gasteiger partial charge in [-0.05, 0) is 30.5 Å². The highest BCUT2D eigenvalue weighted by molar-refractivity contribution is 5.50. The minimum absolute atomic E-state index is 0.346. The molecule has 0 aliphatic heterocycles. The first-order valence-electron chi connectivity index (χ1n) is 6.33. The van der Waals surface area contributed by atoms with Gasteiger partial charge in [-0.25, -0.2) is 0 Å².